The van der Waals surface area contributed by atoms with Crippen molar-refractivity contribution in [3.05, 3.63) is 18.0 Å². The summed E-state index contributed by atoms with van der Waals surface area (Å²) in [7, 11) is 0. The summed E-state index contributed by atoms with van der Waals surface area (Å²) in [6.45, 7) is 8.36. The zero-order valence-electron chi connectivity index (χ0n) is 9.17. The van der Waals surface area contributed by atoms with Gasteiger partial charge >= 0.3 is 0 Å². The summed E-state index contributed by atoms with van der Waals surface area (Å²) >= 11 is 0. The van der Waals surface area contributed by atoms with Crippen LogP contribution in [0.2, 0.25) is 0 Å². The number of nitrogens with zero attached hydrogens (tertiary/aromatic N) is 1. The van der Waals surface area contributed by atoms with Crippen molar-refractivity contribution in [3.63, 3.8) is 0 Å². The maximum atomic E-state index is 3.89. The van der Waals surface area contributed by atoms with Crippen LogP contribution in [0.25, 0.3) is 0 Å². The van der Waals surface area contributed by atoms with Gasteiger partial charge in [-0.2, -0.15) is 5.10 Å². The molecule has 3 N–H and O–H groups in total. The highest BCUT2D eigenvalue weighted by atomic mass is 15.1. The van der Waals surface area contributed by atoms with Gasteiger partial charge < -0.3 is 10.6 Å². The van der Waals surface area contributed by atoms with Crippen molar-refractivity contribution in [3.8, 4) is 0 Å². The molecular formula is C10H20N4. The highest BCUT2D eigenvalue weighted by Gasteiger charge is 2.02. The highest BCUT2D eigenvalue weighted by molar-refractivity contribution is 5.01. The number of aromatic nitrogens is 2. The second-order valence-electron chi connectivity index (χ2n) is 3.95. The molecule has 1 heterocycles. The van der Waals surface area contributed by atoms with Gasteiger partial charge in [-0.1, -0.05) is 13.8 Å². The molecule has 80 valence electrons. The third-order valence-corrected chi connectivity index (χ3v) is 2.04. The third kappa shape index (κ3) is 4.39. The van der Waals surface area contributed by atoms with Crippen molar-refractivity contribution in [2.45, 2.75) is 39.4 Å². The molecule has 1 atom stereocenters. The molecule has 0 amide bonds. The largest absolute Gasteiger partial charge is 0.313 e. The molecule has 0 aliphatic carbocycles. The summed E-state index contributed by atoms with van der Waals surface area (Å²) in [5, 5.41) is 13.5. The van der Waals surface area contributed by atoms with Gasteiger partial charge in [0.1, 0.15) is 0 Å². The van der Waals surface area contributed by atoms with Crippen molar-refractivity contribution in [1.82, 2.24) is 20.8 Å². The van der Waals surface area contributed by atoms with Crippen LogP contribution in [0.1, 0.15) is 26.3 Å². The molecule has 1 aromatic rings. The van der Waals surface area contributed by atoms with Gasteiger partial charge in [-0.15, -0.1) is 0 Å². The van der Waals surface area contributed by atoms with Crippen LogP contribution >= 0.6 is 0 Å². The molecule has 0 aliphatic rings. The molecule has 0 aromatic carbocycles. The lowest BCUT2D eigenvalue weighted by atomic mass is 10.2. The Labute approximate surface area is 85.5 Å². The SMILES string of the molecule is CC(C)NCC(C)NCc1cn[nH]c1. The van der Waals surface area contributed by atoms with E-state index in [1.54, 1.807) is 0 Å². The van der Waals surface area contributed by atoms with E-state index >= 15 is 0 Å². The summed E-state index contributed by atoms with van der Waals surface area (Å²) in [6, 6.07) is 1.03. The van der Waals surface area contributed by atoms with E-state index in [9.17, 15) is 0 Å². The Bertz CT molecular complexity index is 230. The fourth-order valence-electron chi connectivity index (χ4n) is 1.15. The summed E-state index contributed by atoms with van der Waals surface area (Å²) in [5.41, 5.74) is 1.20. The third-order valence-electron chi connectivity index (χ3n) is 2.04. The van der Waals surface area contributed by atoms with E-state index in [1.165, 1.54) is 5.56 Å². The van der Waals surface area contributed by atoms with Gasteiger partial charge in [0.2, 0.25) is 0 Å². The van der Waals surface area contributed by atoms with Gasteiger partial charge in [-0.25, -0.2) is 0 Å². The molecule has 0 saturated carbocycles. The summed E-state index contributed by atoms with van der Waals surface area (Å²) in [6.07, 6.45) is 3.76. The smallest absolute Gasteiger partial charge is 0.0532 e. The lowest BCUT2D eigenvalue weighted by Crippen LogP contribution is -2.38. The number of H-pyrrole nitrogens is 1. The fourth-order valence-corrected chi connectivity index (χ4v) is 1.15. The average molecular weight is 196 g/mol. The quantitative estimate of drug-likeness (QED) is 0.633. The first-order chi connectivity index (χ1) is 6.68. The lowest BCUT2D eigenvalue weighted by Gasteiger charge is -2.15. The van der Waals surface area contributed by atoms with Gasteiger partial charge in [0, 0.05) is 36.9 Å². The molecule has 0 radical (unpaired) electrons. The number of rotatable bonds is 6. The van der Waals surface area contributed by atoms with E-state index in [0.717, 1.165) is 13.1 Å². The van der Waals surface area contributed by atoms with E-state index in [4.69, 9.17) is 0 Å². The zero-order chi connectivity index (χ0) is 10.4. The van der Waals surface area contributed by atoms with Crippen molar-refractivity contribution < 1.29 is 0 Å². The Morgan fingerprint density at radius 3 is 2.71 bits per heavy atom. The van der Waals surface area contributed by atoms with Gasteiger partial charge in [-0.3, -0.25) is 5.10 Å². The molecule has 4 heteroatoms. The number of nitrogens with one attached hydrogen (secondary N) is 3. The van der Waals surface area contributed by atoms with Crippen LogP contribution in [-0.2, 0) is 6.54 Å². The Morgan fingerprint density at radius 2 is 2.14 bits per heavy atom. The number of hydrogen-bond acceptors (Lipinski definition) is 3. The lowest BCUT2D eigenvalue weighted by molar-refractivity contribution is 0.474. The van der Waals surface area contributed by atoms with Gasteiger partial charge in [0.25, 0.3) is 0 Å². The van der Waals surface area contributed by atoms with E-state index in [-0.39, 0.29) is 0 Å². The Kier molecular flexibility index (Phi) is 4.62. The Morgan fingerprint density at radius 1 is 1.36 bits per heavy atom. The topological polar surface area (TPSA) is 52.7 Å². The van der Waals surface area contributed by atoms with Crippen molar-refractivity contribution in [1.29, 1.82) is 0 Å². The second-order valence-corrected chi connectivity index (χ2v) is 3.95. The summed E-state index contributed by atoms with van der Waals surface area (Å²) in [5.74, 6) is 0. The second kappa shape index (κ2) is 5.78. The van der Waals surface area contributed by atoms with Crippen LogP contribution < -0.4 is 10.6 Å². The fraction of sp³-hybridized carbons (Fsp3) is 0.700. The van der Waals surface area contributed by atoms with Crippen molar-refractivity contribution in [2.75, 3.05) is 6.54 Å². The minimum atomic E-state index is 0.479. The normalized spacial score (nSPS) is 13.4. The molecule has 0 spiro atoms. The van der Waals surface area contributed by atoms with E-state index in [1.807, 2.05) is 12.4 Å². The van der Waals surface area contributed by atoms with Crippen LogP contribution in [-0.4, -0.2) is 28.8 Å². The first-order valence-corrected chi connectivity index (χ1v) is 5.13. The molecule has 4 nitrogen and oxygen atoms in total. The number of hydrogen-bond donors (Lipinski definition) is 3. The van der Waals surface area contributed by atoms with Gasteiger partial charge in [-0.05, 0) is 6.92 Å². The van der Waals surface area contributed by atoms with Crippen molar-refractivity contribution in [2.24, 2.45) is 0 Å². The monoisotopic (exact) mass is 196 g/mol. The van der Waals surface area contributed by atoms with E-state index < -0.39 is 0 Å². The standard InChI is InChI=1S/C10H20N4/c1-8(2)11-4-9(3)12-5-10-6-13-14-7-10/h6-9,11-12H,4-5H2,1-3H3,(H,13,14). The number of aromatic amines is 1. The van der Waals surface area contributed by atoms with Gasteiger partial charge in [0.05, 0.1) is 6.20 Å². The Balaban J connectivity index is 2.12. The highest BCUT2D eigenvalue weighted by Crippen LogP contribution is 1.93. The molecule has 0 bridgehead atoms. The summed E-state index contributed by atoms with van der Waals surface area (Å²) in [4.78, 5) is 0. The minimum absolute atomic E-state index is 0.479. The molecular weight excluding hydrogens is 176 g/mol. The van der Waals surface area contributed by atoms with Crippen LogP contribution in [0.5, 0.6) is 0 Å². The van der Waals surface area contributed by atoms with Crippen LogP contribution in [0.15, 0.2) is 12.4 Å². The first kappa shape index (κ1) is 11.2. The zero-order valence-corrected chi connectivity index (χ0v) is 9.17. The van der Waals surface area contributed by atoms with E-state index in [2.05, 4.69) is 41.6 Å². The van der Waals surface area contributed by atoms with Crippen molar-refractivity contribution >= 4 is 0 Å². The maximum absolute atomic E-state index is 3.89. The van der Waals surface area contributed by atoms with Crippen LogP contribution in [0.3, 0.4) is 0 Å². The molecule has 1 unspecified atom stereocenters. The average Bonchev–Trinajstić information content (AvgIpc) is 2.63. The molecule has 0 saturated heterocycles. The van der Waals surface area contributed by atoms with E-state index in [0.29, 0.717) is 12.1 Å². The predicted octanol–water partition coefficient (Wildman–Crippen LogP) is 0.886. The summed E-state index contributed by atoms with van der Waals surface area (Å²) < 4.78 is 0. The predicted molar refractivity (Wildman–Crippen MR) is 58.0 cm³/mol. The maximum Gasteiger partial charge on any atom is 0.0532 e. The molecule has 0 fully saturated rings. The first-order valence-electron chi connectivity index (χ1n) is 5.13. The van der Waals surface area contributed by atoms with Crippen LogP contribution in [0.4, 0.5) is 0 Å². The van der Waals surface area contributed by atoms with Gasteiger partial charge in [0.15, 0.2) is 0 Å². The minimum Gasteiger partial charge on any atom is -0.313 e. The van der Waals surface area contributed by atoms with Crippen LogP contribution in [0, 0.1) is 0 Å². The molecule has 14 heavy (non-hydrogen) atoms. The molecule has 1 aromatic heterocycles. The Hall–Kier alpha value is -0.870. The molecule has 1 rings (SSSR count). The molecule has 0 aliphatic heterocycles.